The van der Waals surface area contributed by atoms with E-state index in [-0.39, 0.29) is 17.4 Å². The van der Waals surface area contributed by atoms with Gasteiger partial charge in [-0.2, -0.15) is 18.2 Å². The predicted molar refractivity (Wildman–Crippen MR) is 89.7 cm³/mol. The van der Waals surface area contributed by atoms with E-state index < -0.39 is 41.3 Å². The minimum atomic E-state index is -4.52. The van der Waals surface area contributed by atoms with Crippen molar-refractivity contribution in [2.45, 2.75) is 13.1 Å². The van der Waals surface area contributed by atoms with E-state index in [1.807, 2.05) is 12.2 Å². The minimum Gasteiger partial charge on any atom is -0.272 e. The molecule has 4 atom stereocenters. The summed E-state index contributed by atoms with van der Waals surface area (Å²) >= 11 is 0. The molecule has 1 aliphatic heterocycles. The van der Waals surface area contributed by atoms with Crippen LogP contribution in [-0.2, 0) is 15.8 Å². The predicted octanol–water partition coefficient (Wildman–Crippen LogP) is 2.96. The highest BCUT2D eigenvalue weighted by molar-refractivity contribution is 6.08. The fourth-order valence-corrected chi connectivity index (χ4v) is 3.52. The molecule has 0 aromatic heterocycles. The standard InChI is InChI=1S/C19H17F3N2O3/c1-3-11-5-4-10(2)14-15(11)18(27)24(17(14)26)23-16(25)12-6-8-13(9-7-12)19(20,21)22/h3-11,14-15H,1H2,2H3,(H,23,25)/t10?,11?,14-,15+/m1/s1. The van der Waals surface area contributed by atoms with Crippen molar-refractivity contribution in [2.75, 3.05) is 0 Å². The zero-order chi connectivity index (χ0) is 19.9. The number of amides is 3. The third kappa shape index (κ3) is 3.27. The molecule has 1 N–H and O–H groups in total. The number of nitrogens with one attached hydrogen (secondary N) is 1. The van der Waals surface area contributed by atoms with Crippen molar-refractivity contribution >= 4 is 17.7 Å². The number of fused-ring (bicyclic) bond motifs is 1. The Morgan fingerprint density at radius 2 is 1.70 bits per heavy atom. The summed E-state index contributed by atoms with van der Waals surface area (Å²) in [5, 5.41) is 0.676. The maximum absolute atomic E-state index is 12.7. The smallest absolute Gasteiger partial charge is 0.272 e. The molecule has 2 unspecified atom stereocenters. The first-order valence-corrected chi connectivity index (χ1v) is 8.32. The van der Waals surface area contributed by atoms with Crippen molar-refractivity contribution in [3.05, 3.63) is 60.2 Å². The fraction of sp³-hybridized carbons (Fsp3) is 0.316. The zero-order valence-electron chi connectivity index (χ0n) is 14.4. The average Bonchev–Trinajstić information content (AvgIpc) is 2.87. The van der Waals surface area contributed by atoms with E-state index in [2.05, 4.69) is 12.0 Å². The number of nitrogens with zero attached hydrogens (tertiary/aromatic N) is 1. The van der Waals surface area contributed by atoms with Crippen molar-refractivity contribution in [3.63, 3.8) is 0 Å². The molecule has 1 aliphatic carbocycles. The molecule has 1 aromatic rings. The molecule has 1 fully saturated rings. The van der Waals surface area contributed by atoms with Gasteiger partial charge in [0, 0.05) is 11.5 Å². The monoisotopic (exact) mass is 378 g/mol. The van der Waals surface area contributed by atoms with Crippen LogP contribution < -0.4 is 5.43 Å². The van der Waals surface area contributed by atoms with E-state index in [9.17, 15) is 27.6 Å². The lowest BCUT2D eigenvalue weighted by Crippen LogP contribution is -2.47. The molecule has 142 valence electrons. The number of halogens is 3. The Balaban J connectivity index is 1.80. The van der Waals surface area contributed by atoms with Gasteiger partial charge >= 0.3 is 6.18 Å². The molecule has 0 bridgehead atoms. The molecule has 0 radical (unpaired) electrons. The van der Waals surface area contributed by atoms with Gasteiger partial charge in [0.1, 0.15) is 0 Å². The Labute approximate surface area is 153 Å². The molecule has 2 aliphatic rings. The number of carbonyl (C=O) groups is 3. The summed E-state index contributed by atoms with van der Waals surface area (Å²) in [5.74, 6) is -3.69. The summed E-state index contributed by atoms with van der Waals surface area (Å²) in [5.41, 5.74) is 1.24. The van der Waals surface area contributed by atoms with E-state index in [1.54, 1.807) is 13.0 Å². The third-order valence-corrected chi connectivity index (χ3v) is 4.98. The van der Waals surface area contributed by atoms with Crippen LogP contribution in [0.4, 0.5) is 13.2 Å². The summed E-state index contributed by atoms with van der Waals surface area (Å²) in [7, 11) is 0. The number of carbonyl (C=O) groups excluding carboxylic acids is 3. The van der Waals surface area contributed by atoms with Crippen LogP contribution in [0.15, 0.2) is 49.1 Å². The van der Waals surface area contributed by atoms with Crippen LogP contribution in [0.25, 0.3) is 0 Å². The number of benzene rings is 1. The first-order chi connectivity index (χ1) is 12.6. The van der Waals surface area contributed by atoms with Gasteiger partial charge in [-0.25, -0.2) is 0 Å². The lowest BCUT2D eigenvalue weighted by molar-refractivity contribution is -0.143. The Hall–Kier alpha value is -2.90. The highest BCUT2D eigenvalue weighted by atomic mass is 19.4. The first-order valence-electron chi connectivity index (χ1n) is 8.32. The van der Waals surface area contributed by atoms with Gasteiger partial charge in [-0.05, 0) is 30.2 Å². The number of alkyl halides is 3. The average molecular weight is 378 g/mol. The molecule has 3 amide bonds. The highest BCUT2D eigenvalue weighted by Gasteiger charge is 2.53. The Morgan fingerprint density at radius 1 is 1.11 bits per heavy atom. The van der Waals surface area contributed by atoms with Crippen molar-refractivity contribution in [1.82, 2.24) is 10.4 Å². The molecule has 8 heteroatoms. The molecule has 0 spiro atoms. The maximum atomic E-state index is 12.7. The molecular weight excluding hydrogens is 361 g/mol. The van der Waals surface area contributed by atoms with Crippen molar-refractivity contribution in [1.29, 1.82) is 0 Å². The van der Waals surface area contributed by atoms with Crippen LogP contribution in [0.3, 0.4) is 0 Å². The molecule has 1 heterocycles. The Bertz CT molecular complexity index is 830. The summed E-state index contributed by atoms with van der Waals surface area (Å²) in [6, 6.07) is 3.52. The Kier molecular flexibility index (Phi) is 4.67. The fourth-order valence-electron chi connectivity index (χ4n) is 3.52. The molecule has 1 aromatic carbocycles. The van der Waals surface area contributed by atoms with Crippen molar-refractivity contribution in [3.8, 4) is 0 Å². The highest BCUT2D eigenvalue weighted by Crippen LogP contribution is 2.41. The van der Waals surface area contributed by atoms with Gasteiger partial charge in [0.25, 0.3) is 17.7 Å². The van der Waals surface area contributed by atoms with E-state index in [0.29, 0.717) is 5.01 Å². The van der Waals surface area contributed by atoms with Gasteiger partial charge in [-0.15, -0.1) is 6.58 Å². The number of imide groups is 1. The molecule has 0 saturated carbocycles. The number of hydrogen-bond donors (Lipinski definition) is 1. The second-order valence-electron chi connectivity index (χ2n) is 6.64. The first kappa shape index (κ1) is 18.9. The van der Waals surface area contributed by atoms with E-state index in [0.717, 1.165) is 24.3 Å². The second-order valence-corrected chi connectivity index (χ2v) is 6.64. The van der Waals surface area contributed by atoms with Crippen LogP contribution in [0.2, 0.25) is 0 Å². The molecular formula is C19H17F3N2O3. The second kappa shape index (κ2) is 6.68. The summed E-state index contributed by atoms with van der Waals surface area (Å²) < 4.78 is 37.8. The van der Waals surface area contributed by atoms with Crippen LogP contribution in [-0.4, -0.2) is 22.7 Å². The van der Waals surface area contributed by atoms with Crippen LogP contribution in [0.1, 0.15) is 22.8 Å². The molecule has 27 heavy (non-hydrogen) atoms. The summed E-state index contributed by atoms with van der Waals surface area (Å²) in [4.78, 5) is 37.6. The van der Waals surface area contributed by atoms with Gasteiger partial charge in [-0.3, -0.25) is 19.8 Å². The normalized spacial score (nSPS) is 27.5. The van der Waals surface area contributed by atoms with Crippen LogP contribution >= 0.6 is 0 Å². The maximum Gasteiger partial charge on any atom is 0.416 e. The largest absolute Gasteiger partial charge is 0.416 e. The lowest BCUT2D eigenvalue weighted by Gasteiger charge is -2.27. The molecule has 3 rings (SSSR count). The van der Waals surface area contributed by atoms with Crippen molar-refractivity contribution in [2.24, 2.45) is 23.7 Å². The van der Waals surface area contributed by atoms with E-state index in [1.165, 1.54) is 0 Å². The minimum absolute atomic E-state index is 0.0927. The van der Waals surface area contributed by atoms with Gasteiger partial charge in [0.05, 0.1) is 17.4 Å². The summed E-state index contributed by atoms with van der Waals surface area (Å²) in [6.45, 7) is 5.48. The van der Waals surface area contributed by atoms with Gasteiger partial charge in [0.15, 0.2) is 0 Å². The SMILES string of the molecule is C=CC1C=CC(C)[C@H]2C(=O)N(NC(=O)c3ccc(C(F)(F)F)cc3)C(=O)[C@@H]12. The number of hydrazine groups is 1. The van der Waals surface area contributed by atoms with Crippen LogP contribution in [0, 0.1) is 23.7 Å². The molecule has 5 nitrogen and oxygen atoms in total. The van der Waals surface area contributed by atoms with E-state index >= 15 is 0 Å². The van der Waals surface area contributed by atoms with E-state index in [4.69, 9.17) is 0 Å². The molecule has 1 saturated heterocycles. The van der Waals surface area contributed by atoms with Crippen molar-refractivity contribution < 1.29 is 27.6 Å². The third-order valence-electron chi connectivity index (χ3n) is 4.98. The van der Waals surface area contributed by atoms with Crippen LogP contribution in [0.5, 0.6) is 0 Å². The van der Waals surface area contributed by atoms with Gasteiger partial charge < -0.3 is 0 Å². The summed E-state index contributed by atoms with van der Waals surface area (Å²) in [6.07, 6.45) is 0.700. The zero-order valence-corrected chi connectivity index (χ0v) is 14.4. The number of hydrogen-bond acceptors (Lipinski definition) is 3. The topological polar surface area (TPSA) is 66.5 Å². The quantitative estimate of drug-likeness (QED) is 0.650. The Morgan fingerprint density at radius 3 is 2.26 bits per heavy atom. The van der Waals surface area contributed by atoms with Gasteiger partial charge in [0.2, 0.25) is 0 Å². The number of allylic oxidation sites excluding steroid dienone is 3. The lowest BCUT2D eigenvalue weighted by atomic mass is 9.72. The number of rotatable bonds is 3. The van der Waals surface area contributed by atoms with Gasteiger partial charge in [-0.1, -0.05) is 25.2 Å².